The molecule has 1 aromatic carbocycles. The molecule has 0 spiro atoms. The van der Waals surface area contributed by atoms with Gasteiger partial charge in [-0.05, 0) is 62.6 Å². The van der Waals surface area contributed by atoms with Gasteiger partial charge in [-0.25, -0.2) is 4.79 Å². The Morgan fingerprint density at radius 3 is 2.79 bits per heavy atom. The first-order valence-corrected chi connectivity index (χ1v) is 11.0. The van der Waals surface area contributed by atoms with Crippen molar-refractivity contribution in [2.75, 3.05) is 18.5 Å². The normalized spacial score (nSPS) is 15.7. The lowest BCUT2D eigenvalue weighted by molar-refractivity contribution is -0.121. The summed E-state index contributed by atoms with van der Waals surface area (Å²) < 4.78 is 10.9. The van der Waals surface area contributed by atoms with Crippen molar-refractivity contribution in [2.24, 2.45) is 5.92 Å². The highest BCUT2D eigenvalue weighted by atomic mass is 32.1. The van der Waals surface area contributed by atoms with Crippen LogP contribution in [0.15, 0.2) is 18.2 Å². The lowest BCUT2D eigenvalue weighted by atomic mass is 9.88. The third-order valence-electron chi connectivity index (χ3n) is 5.23. The lowest BCUT2D eigenvalue weighted by Crippen LogP contribution is -2.20. The summed E-state index contributed by atoms with van der Waals surface area (Å²) in [5.74, 6) is -0.0289. The molecule has 5 nitrogen and oxygen atoms in total. The van der Waals surface area contributed by atoms with Gasteiger partial charge in [0.15, 0.2) is 0 Å². The molecule has 1 aliphatic carbocycles. The standard InChI is InChI=1S/C23H29NO4S/c1-5-28-23(26)21-18-9-7-15(3)11-19(18)29-22(21)24-20(25)13-27-12-17-8-6-14(2)10-16(17)4/h6,8,10,15H,5,7,9,11-13H2,1-4H3,(H,24,25). The fraction of sp³-hybridized carbons (Fsp3) is 0.478. The number of amides is 1. The van der Waals surface area contributed by atoms with Crippen LogP contribution in [0.2, 0.25) is 0 Å². The largest absolute Gasteiger partial charge is 0.462 e. The number of benzene rings is 1. The first kappa shape index (κ1) is 21.5. The third-order valence-corrected chi connectivity index (χ3v) is 6.40. The van der Waals surface area contributed by atoms with E-state index in [4.69, 9.17) is 9.47 Å². The summed E-state index contributed by atoms with van der Waals surface area (Å²) in [6.07, 6.45) is 2.83. The Morgan fingerprint density at radius 1 is 1.28 bits per heavy atom. The molecule has 0 aliphatic heterocycles. The van der Waals surface area contributed by atoms with Crippen molar-refractivity contribution in [2.45, 2.75) is 53.6 Å². The summed E-state index contributed by atoms with van der Waals surface area (Å²) in [6.45, 7) is 8.72. The molecule has 0 fully saturated rings. The number of carbonyl (C=O) groups is 2. The number of anilines is 1. The Balaban J connectivity index is 1.67. The topological polar surface area (TPSA) is 64.6 Å². The van der Waals surface area contributed by atoms with Crippen LogP contribution in [0.1, 0.15) is 57.8 Å². The number of esters is 1. The minimum absolute atomic E-state index is 0.0610. The molecule has 0 bridgehead atoms. The van der Waals surface area contributed by atoms with E-state index in [1.54, 1.807) is 6.92 Å². The average molecular weight is 416 g/mol. The van der Waals surface area contributed by atoms with Gasteiger partial charge >= 0.3 is 5.97 Å². The number of rotatable bonds is 7. The summed E-state index contributed by atoms with van der Waals surface area (Å²) in [5.41, 5.74) is 4.98. The van der Waals surface area contributed by atoms with Gasteiger partial charge < -0.3 is 14.8 Å². The summed E-state index contributed by atoms with van der Waals surface area (Å²) >= 11 is 1.49. The predicted molar refractivity (Wildman–Crippen MR) is 116 cm³/mol. The van der Waals surface area contributed by atoms with E-state index in [1.165, 1.54) is 21.8 Å². The minimum Gasteiger partial charge on any atom is -0.462 e. The van der Waals surface area contributed by atoms with Gasteiger partial charge in [-0.1, -0.05) is 30.7 Å². The molecule has 3 rings (SSSR count). The van der Waals surface area contributed by atoms with Crippen molar-refractivity contribution in [1.82, 2.24) is 0 Å². The number of ether oxygens (including phenoxy) is 2. The fourth-order valence-electron chi connectivity index (χ4n) is 3.68. The maximum Gasteiger partial charge on any atom is 0.341 e. The number of carbonyl (C=O) groups excluding carboxylic acids is 2. The van der Waals surface area contributed by atoms with E-state index in [0.717, 1.165) is 36.0 Å². The molecule has 1 aromatic heterocycles. The fourth-order valence-corrected chi connectivity index (χ4v) is 5.10. The molecular weight excluding hydrogens is 386 g/mol. The average Bonchev–Trinajstić information content (AvgIpc) is 3.00. The Hall–Kier alpha value is -2.18. The van der Waals surface area contributed by atoms with Crippen molar-refractivity contribution in [3.8, 4) is 0 Å². The molecular formula is C23H29NO4S. The summed E-state index contributed by atoms with van der Waals surface area (Å²) in [5, 5.41) is 3.47. The Morgan fingerprint density at radius 2 is 2.07 bits per heavy atom. The maximum absolute atomic E-state index is 12.5. The molecule has 6 heteroatoms. The van der Waals surface area contributed by atoms with Crippen LogP contribution in [0.3, 0.4) is 0 Å². The van der Waals surface area contributed by atoms with Crippen LogP contribution in [0.5, 0.6) is 0 Å². The van der Waals surface area contributed by atoms with E-state index in [9.17, 15) is 9.59 Å². The Kier molecular flexibility index (Phi) is 7.09. The molecule has 1 amide bonds. The monoisotopic (exact) mass is 415 g/mol. The van der Waals surface area contributed by atoms with E-state index in [2.05, 4.69) is 18.3 Å². The first-order valence-electron chi connectivity index (χ1n) is 10.1. The minimum atomic E-state index is -0.356. The molecule has 1 aliphatic rings. The van der Waals surface area contributed by atoms with Crippen molar-refractivity contribution in [3.05, 3.63) is 50.9 Å². The van der Waals surface area contributed by atoms with Crippen molar-refractivity contribution in [1.29, 1.82) is 0 Å². The zero-order valence-corrected chi connectivity index (χ0v) is 18.4. The molecule has 2 aromatic rings. The van der Waals surface area contributed by atoms with E-state index < -0.39 is 0 Å². The van der Waals surface area contributed by atoms with Crippen LogP contribution >= 0.6 is 11.3 Å². The van der Waals surface area contributed by atoms with Crippen LogP contribution in [-0.2, 0) is 33.7 Å². The van der Waals surface area contributed by atoms with Crippen LogP contribution in [0.4, 0.5) is 5.00 Å². The van der Waals surface area contributed by atoms with Gasteiger partial charge in [0, 0.05) is 4.88 Å². The second kappa shape index (κ2) is 9.55. The third kappa shape index (κ3) is 5.25. The van der Waals surface area contributed by atoms with Gasteiger partial charge in [0.25, 0.3) is 5.91 Å². The molecule has 1 unspecified atom stereocenters. The van der Waals surface area contributed by atoms with E-state index >= 15 is 0 Å². The molecule has 29 heavy (non-hydrogen) atoms. The van der Waals surface area contributed by atoms with Gasteiger partial charge in [0.1, 0.15) is 11.6 Å². The van der Waals surface area contributed by atoms with Gasteiger partial charge in [0.05, 0.1) is 18.8 Å². The smallest absolute Gasteiger partial charge is 0.341 e. The highest BCUT2D eigenvalue weighted by Crippen LogP contribution is 2.40. The van der Waals surface area contributed by atoms with Crippen LogP contribution in [0, 0.1) is 19.8 Å². The highest BCUT2D eigenvalue weighted by molar-refractivity contribution is 7.17. The molecule has 156 valence electrons. The van der Waals surface area contributed by atoms with Gasteiger partial charge in [-0.3, -0.25) is 4.79 Å². The second-order valence-corrected chi connectivity index (χ2v) is 8.85. The lowest BCUT2D eigenvalue weighted by Gasteiger charge is -2.18. The number of aryl methyl sites for hydroxylation is 2. The number of thiophene rings is 1. The van der Waals surface area contributed by atoms with E-state index in [1.807, 2.05) is 26.0 Å². The predicted octanol–water partition coefficient (Wildman–Crippen LogP) is 4.82. The van der Waals surface area contributed by atoms with Crippen molar-refractivity contribution in [3.63, 3.8) is 0 Å². The zero-order chi connectivity index (χ0) is 21.0. The highest BCUT2D eigenvalue weighted by Gasteiger charge is 2.29. The molecule has 0 saturated carbocycles. The molecule has 0 radical (unpaired) electrons. The zero-order valence-electron chi connectivity index (χ0n) is 17.6. The number of hydrogen-bond donors (Lipinski definition) is 1. The molecule has 1 atom stereocenters. The first-order chi connectivity index (χ1) is 13.9. The summed E-state index contributed by atoms with van der Waals surface area (Å²) in [7, 11) is 0. The van der Waals surface area contributed by atoms with Gasteiger partial charge in [-0.15, -0.1) is 11.3 Å². The number of fused-ring (bicyclic) bond motifs is 1. The van der Waals surface area contributed by atoms with Gasteiger partial charge in [0.2, 0.25) is 0 Å². The molecule has 1 heterocycles. The quantitative estimate of drug-likeness (QED) is 0.659. The molecule has 1 N–H and O–H groups in total. The SMILES string of the molecule is CCOC(=O)c1c(NC(=O)COCc2ccc(C)cc2C)sc2c1CCC(C)C2. The summed E-state index contributed by atoms with van der Waals surface area (Å²) in [6, 6.07) is 6.16. The van der Waals surface area contributed by atoms with Gasteiger partial charge in [-0.2, -0.15) is 0 Å². The molecule has 0 saturated heterocycles. The van der Waals surface area contributed by atoms with Crippen LogP contribution < -0.4 is 5.32 Å². The van der Waals surface area contributed by atoms with Crippen LogP contribution in [0.25, 0.3) is 0 Å². The van der Waals surface area contributed by atoms with E-state index in [0.29, 0.717) is 29.7 Å². The van der Waals surface area contributed by atoms with Crippen molar-refractivity contribution >= 4 is 28.2 Å². The Labute approximate surface area is 176 Å². The van der Waals surface area contributed by atoms with Crippen LogP contribution in [-0.4, -0.2) is 25.1 Å². The Bertz CT molecular complexity index is 903. The van der Waals surface area contributed by atoms with Crippen molar-refractivity contribution < 1.29 is 19.1 Å². The number of nitrogens with one attached hydrogen (secondary N) is 1. The summed E-state index contributed by atoms with van der Waals surface area (Å²) in [4.78, 5) is 26.2. The second-order valence-electron chi connectivity index (χ2n) is 7.75. The maximum atomic E-state index is 12.5. The van der Waals surface area contributed by atoms with E-state index in [-0.39, 0.29) is 18.5 Å². The number of hydrogen-bond acceptors (Lipinski definition) is 5.